The summed E-state index contributed by atoms with van der Waals surface area (Å²) in [4.78, 5) is 3.96. The maximum Gasteiger partial charge on any atom is 0.0333 e. The number of piperidine rings is 1. The summed E-state index contributed by atoms with van der Waals surface area (Å²) in [5.41, 5.74) is 6.33. The molecule has 0 amide bonds. The van der Waals surface area contributed by atoms with Gasteiger partial charge in [0, 0.05) is 23.0 Å². The van der Waals surface area contributed by atoms with Gasteiger partial charge in [0.2, 0.25) is 0 Å². The van der Waals surface area contributed by atoms with Crippen LogP contribution in [0.2, 0.25) is 0 Å². The average molecular weight is 224 g/mol. The fourth-order valence-electron chi connectivity index (χ4n) is 2.25. The smallest absolute Gasteiger partial charge is 0.0333 e. The van der Waals surface area contributed by atoms with Gasteiger partial charge < -0.3 is 5.73 Å². The van der Waals surface area contributed by atoms with E-state index in [0.29, 0.717) is 6.04 Å². The Labute approximate surface area is 96.1 Å². The molecule has 0 spiro atoms. The quantitative estimate of drug-likeness (QED) is 0.836. The van der Waals surface area contributed by atoms with Gasteiger partial charge in [-0.25, -0.2) is 0 Å². The molecule has 1 aliphatic rings. The van der Waals surface area contributed by atoms with Gasteiger partial charge in [-0.15, -0.1) is 11.3 Å². The summed E-state index contributed by atoms with van der Waals surface area (Å²) in [5.74, 6) is 0. The Bertz CT molecular complexity index is 305. The minimum atomic E-state index is 0.141. The van der Waals surface area contributed by atoms with Crippen molar-refractivity contribution in [3.05, 3.63) is 22.4 Å². The SMILES string of the molecule is CC1(C)C(N)CCCN1Cc1cccs1. The van der Waals surface area contributed by atoms with Crippen molar-refractivity contribution in [2.75, 3.05) is 6.54 Å². The number of hydrogen-bond acceptors (Lipinski definition) is 3. The monoisotopic (exact) mass is 224 g/mol. The number of thiophene rings is 1. The molecule has 1 aromatic rings. The maximum atomic E-state index is 6.19. The van der Waals surface area contributed by atoms with Gasteiger partial charge in [0.25, 0.3) is 0 Å². The van der Waals surface area contributed by atoms with Crippen molar-refractivity contribution in [3.8, 4) is 0 Å². The Morgan fingerprint density at radius 1 is 1.60 bits per heavy atom. The Morgan fingerprint density at radius 2 is 2.40 bits per heavy atom. The van der Waals surface area contributed by atoms with E-state index in [-0.39, 0.29) is 5.54 Å². The largest absolute Gasteiger partial charge is 0.326 e. The molecule has 84 valence electrons. The van der Waals surface area contributed by atoms with Crippen LogP contribution in [-0.4, -0.2) is 23.0 Å². The average Bonchev–Trinajstić information content (AvgIpc) is 2.66. The molecule has 2 heterocycles. The van der Waals surface area contributed by atoms with Crippen LogP contribution in [0.3, 0.4) is 0 Å². The summed E-state index contributed by atoms with van der Waals surface area (Å²) in [5, 5.41) is 2.15. The minimum absolute atomic E-state index is 0.141. The molecule has 0 bridgehead atoms. The van der Waals surface area contributed by atoms with Gasteiger partial charge in [-0.2, -0.15) is 0 Å². The predicted octanol–water partition coefficient (Wildman–Crippen LogP) is 2.45. The van der Waals surface area contributed by atoms with Crippen LogP contribution in [0.1, 0.15) is 31.6 Å². The fraction of sp³-hybridized carbons (Fsp3) is 0.667. The highest BCUT2D eigenvalue weighted by Gasteiger charge is 2.36. The van der Waals surface area contributed by atoms with Gasteiger partial charge in [-0.05, 0) is 44.7 Å². The Balaban J connectivity index is 2.07. The van der Waals surface area contributed by atoms with Crippen molar-refractivity contribution in [2.24, 2.45) is 5.73 Å². The molecule has 1 aliphatic heterocycles. The third kappa shape index (κ3) is 2.25. The second-order valence-electron chi connectivity index (χ2n) is 4.90. The van der Waals surface area contributed by atoms with E-state index in [1.807, 2.05) is 11.3 Å². The van der Waals surface area contributed by atoms with Crippen LogP contribution in [0.15, 0.2) is 17.5 Å². The molecule has 0 aliphatic carbocycles. The highest BCUT2D eigenvalue weighted by Crippen LogP contribution is 2.28. The number of nitrogens with zero attached hydrogens (tertiary/aromatic N) is 1. The Morgan fingerprint density at radius 3 is 3.07 bits per heavy atom. The lowest BCUT2D eigenvalue weighted by Gasteiger charge is -2.46. The van der Waals surface area contributed by atoms with E-state index in [1.54, 1.807) is 0 Å². The van der Waals surface area contributed by atoms with Crippen molar-refractivity contribution in [1.82, 2.24) is 4.90 Å². The molecule has 1 atom stereocenters. The van der Waals surface area contributed by atoms with E-state index < -0.39 is 0 Å². The molecule has 0 saturated carbocycles. The van der Waals surface area contributed by atoms with E-state index in [9.17, 15) is 0 Å². The molecule has 1 saturated heterocycles. The Hall–Kier alpha value is -0.380. The third-order valence-corrected chi connectivity index (χ3v) is 4.45. The van der Waals surface area contributed by atoms with Gasteiger partial charge in [-0.3, -0.25) is 4.90 Å². The first kappa shape index (κ1) is 11.1. The van der Waals surface area contributed by atoms with Crippen LogP contribution >= 0.6 is 11.3 Å². The van der Waals surface area contributed by atoms with Crippen LogP contribution < -0.4 is 5.73 Å². The molecule has 3 heteroatoms. The second kappa shape index (κ2) is 4.24. The predicted molar refractivity (Wildman–Crippen MR) is 66.0 cm³/mol. The molecule has 2 rings (SSSR count). The summed E-state index contributed by atoms with van der Waals surface area (Å²) >= 11 is 1.84. The number of nitrogens with two attached hydrogens (primary N) is 1. The Kier molecular flexibility index (Phi) is 3.14. The molecule has 2 nitrogen and oxygen atoms in total. The van der Waals surface area contributed by atoms with Crippen molar-refractivity contribution in [2.45, 2.75) is 44.8 Å². The van der Waals surface area contributed by atoms with E-state index in [0.717, 1.165) is 13.0 Å². The van der Waals surface area contributed by atoms with Crippen molar-refractivity contribution in [3.63, 3.8) is 0 Å². The van der Waals surface area contributed by atoms with Gasteiger partial charge in [0.05, 0.1) is 0 Å². The lowest BCUT2D eigenvalue weighted by atomic mass is 9.85. The molecule has 2 N–H and O–H groups in total. The van der Waals surface area contributed by atoms with Crippen LogP contribution in [0.25, 0.3) is 0 Å². The first-order chi connectivity index (χ1) is 7.10. The molecular formula is C12H20N2S. The number of rotatable bonds is 2. The highest BCUT2D eigenvalue weighted by molar-refractivity contribution is 7.09. The summed E-state index contributed by atoms with van der Waals surface area (Å²) in [6, 6.07) is 4.64. The highest BCUT2D eigenvalue weighted by atomic mass is 32.1. The normalized spacial score (nSPS) is 26.7. The zero-order chi connectivity index (χ0) is 10.9. The molecule has 0 radical (unpaired) electrons. The molecule has 15 heavy (non-hydrogen) atoms. The van der Waals surface area contributed by atoms with Crippen molar-refractivity contribution >= 4 is 11.3 Å². The number of hydrogen-bond donors (Lipinski definition) is 1. The van der Waals surface area contributed by atoms with Gasteiger partial charge in [0.15, 0.2) is 0 Å². The third-order valence-electron chi connectivity index (χ3n) is 3.59. The lowest BCUT2D eigenvalue weighted by molar-refractivity contribution is 0.0511. The summed E-state index contributed by atoms with van der Waals surface area (Å²) in [6.07, 6.45) is 2.39. The van der Waals surface area contributed by atoms with E-state index >= 15 is 0 Å². The standard InChI is InChI=1S/C12H20N2S/c1-12(2)11(13)6-3-7-14(12)9-10-5-4-8-15-10/h4-5,8,11H,3,6-7,9,13H2,1-2H3. The van der Waals surface area contributed by atoms with Crippen LogP contribution in [-0.2, 0) is 6.54 Å². The summed E-state index contributed by atoms with van der Waals surface area (Å²) < 4.78 is 0. The van der Waals surface area contributed by atoms with Crippen molar-refractivity contribution in [1.29, 1.82) is 0 Å². The van der Waals surface area contributed by atoms with Gasteiger partial charge in [0.1, 0.15) is 0 Å². The maximum absolute atomic E-state index is 6.19. The summed E-state index contributed by atoms with van der Waals surface area (Å²) in [7, 11) is 0. The second-order valence-corrected chi connectivity index (χ2v) is 5.94. The topological polar surface area (TPSA) is 29.3 Å². The zero-order valence-corrected chi connectivity index (χ0v) is 10.4. The van der Waals surface area contributed by atoms with Crippen molar-refractivity contribution < 1.29 is 0 Å². The summed E-state index contributed by atoms with van der Waals surface area (Å²) in [6.45, 7) is 6.77. The lowest BCUT2D eigenvalue weighted by Crippen LogP contribution is -2.58. The minimum Gasteiger partial charge on any atom is -0.326 e. The van der Waals surface area contributed by atoms with Gasteiger partial charge >= 0.3 is 0 Å². The molecule has 1 aromatic heterocycles. The van der Waals surface area contributed by atoms with E-state index in [4.69, 9.17) is 5.73 Å². The first-order valence-corrected chi connectivity index (χ1v) is 6.51. The first-order valence-electron chi connectivity index (χ1n) is 5.64. The van der Waals surface area contributed by atoms with E-state index in [1.165, 1.54) is 17.8 Å². The van der Waals surface area contributed by atoms with Crippen LogP contribution in [0.4, 0.5) is 0 Å². The zero-order valence-electron chi connectivity index (χ0n) is 9.57. The molecule has 0 aromatic carbocycles. The molecule has 1 unspecified atom stereocenters. The van der Waals surface area contributed by atoms with E-state index in [2.05, 4.69) is 36.3 Å². The molecular weight excluding hydrogens is 204 g/mol. The number of likely N-dealkylation sites (tertiary alicyclic amines) is 1. The van der Waals surface area contributed by atoms with Crippen LogP contribution in [0, 0.1) is 0 Å². The fourth-order valence-corrected chi connectivity index (χ4v) is 2.97. The van der Waals surface area contributed by atoms with Crippen LogP contribution in [0.5, 0.6) is 0 Å². The van der Waals surface area contributed by atoms with Gasteiger partial charge in [-0.1, -0.05) is 6.07 Å². The molecule has 1 fully saturated rings.